The van der Waals surface area contributed by atoms with Crippen LogP contribution in [0.2, 0.25) is 0 Å². The molecule has 0 saturated carbocycles. The van der Waals surface area contributed by atoms with Crippen molar-refractivity contribution in [3.8, 4) is 0 Å². The average molecular weight is 587 g/mol. The molecule has 0 amide bonds. The van der Waals surface area contributed by atoms with Gasteiger partial charge in [0.05, 0.1) is 146 Å². The number of carbonyl (C=O) groups is 2. The maximum atomic E-state index is 11.1. The quantitative estimate of drug-likeness (QED) is 0.0766. The predicted octanol–water partition coefficient (Wildman–Crippen LogP) is 0.279. The van der Waals surface area contributed by atoms with Crippen LogP contribution in [0, 0.1) is 0 Å². The van der Waals surface area contributed by atoms with Gasteiger partial charge in [0.25, 0.3) is 0 Å². The van der Waals surface area contributed by atoms with Crippen molar-refractivity contribution in [2.75, 3.05) is 146 Å². The fraction of sp³-hybridized carbons (Fsp3) is 0.923. The third-order valence-electron chi connectivity index (χ3n) is 4.55. The van der Waals surface area contributed by atoms with Crippen molar-refractivity contribution >= 4 is 11.9 Å². The first-order valence-corrected chi connectivity index (χ1v) is 13.7. The van der Waals surface area contributed by atoms with E-state index in [-0.39, 0.29) is 19.0 Å². The van der Waals surface area contributed by atoms with Gasteiger partial charge in [-0.1, -0.05) is 0 Å². The Morgan fingerprint density at radius 3 is 0.950 bits per heavy atom. The number of rotatable bonds is 33. The van der Waals surface area contributed by atoms with Gasteiger partial charge in [-0.25, -0.2) is 4.79 Å². The summed E-state index contributed by atoms with van der Waals surface area (Å²) >= 11 is 0. The van der Waals surface area contributed by atoms with E-state index in [0.29, 0.717) is 132 Å². The lowest BCUT2D eigenvalue weighted by Gasteiger charge is -2.09. The number of carbonyl (C=O) groups excluding carboxylic acids is 2. The first-order chi connectivity index (χ1) is 19.7. The van der Waals surface area contributed by atoms with Crippen LogP contribution >= 0.6 is 0 Å². The summed E-state index contributed by atoms with van der Waals surface area (Å²) in [5.41, 5.74) is 0. The molecule has 0 heterocycles. The van der Waals surface area contributed by atoms with Gasteiger partial charge < -0.3 is 56.8 Å². The molecule has 14 nitrogen and oxygen atoms in total. The molecule has 0 aromatic carbocycles. The summed E-state index contributed by atoms with van der Waals surface area (Å²) in [4.78, 5) is 22.0. The van der Waals surface area contributed by atoms with Gasteiger partial charge in [0, 0.05) is 0 Å². The molecule has 0 aliphatic carbocycles. The Bertz CT molecular complexity index is 538. The molecule has 0 bridgehead atoms. The molecule has 14 heteroatoms. The van der Waals surface area contributed by atoms with Crippen LogP contribution in [0.3, 0.4) is 0 Å². The molecule has 238 valence electrons. The summed E-state index contributed by atoms with van der Waals surface area (Å²) in [7, 11) is 1.31. The molecular formula is C26H50O14. The molecule has 0 saturated heterocycles. The Hall–Kier alpha value is -1.46. The van der Waals surface area contributed by atoms with Crippen LogP contribution in [0.1, 0.15) is 13.3 Å². The van der Waals surface area contributed by atoms with Crippen molar-refractivity contribution in [1.29, 1.82) is 0 Å². The highest BCUT2D eigenvalue weighted by Gasteiger charge is 2.01. The second kappa shape index (κ2) is 33.7. The summed E-state index contributed by atoms with van der Waals surface area (Å²) in [5.74, 6) is -0.665. The molecule has 0 N–H and O–H groups in total. The number of ether oxygens (including phenoxy) is 12. The summed E-state index contributed by atoms with van der Waals surface area (Å²) < 4.78 is 62.8. The normalized spacial score (nSPS) is 11.2. The highest BCUT2D eigenvalue weighted by molar-refractivity contribution is 5.70. The molecule has 0 rings (SSSR count). The van der Waals surface area contributed by atoms with E-state index in [0.717, 1.165) is 0 Å². The summed E-state index contributed by atoms with van der Waals surface area (Å²) in [6, 6.07) is 0. The minimum absolute atomic E-state index is 0.0727. The molecule has 0 radical (unpaired) electrons. The fourth-order valence-corrected chi connectivity index (χ4v) is 2.58. The molecule has 40 heavy (non-hydrogen) atoms. The number of hydrogen-bond donors (Lipinski definition) is 0. The molecule has 0 atom stereocenters. The molecule has 0 unspecified atom stereocenters. The smallest absolute Gasteiger partial charge is 0.331 e. The number of esters is 2. The van der Waals surface area contributed by atoms with Crippen molar-refractivity contribution in [3.05, 3.63) is 0 Å². The predicted molar refractivity (Wildman–Crippen MR) is 141 cm³/mol. The lowest BCUT2D eigenvalue weighted by atomic mass is 10.5. The third-order valence-corrected chi connectivity index (χ3v) is 4.55. The Labute approximate surface area is 238 Å². The third kappa shape index (κ3) is 32.8. The van der Waals surface area contributed by atoms with E-state index >= 15 is 0 Å². The molecule has 0 spiro atoms. The maximum Gasteiger partial charge on any atom is 0.331 e. The van der Waals surface area contributed by atoms with Crippen LogP contribution in [0.25, 0.3) is 0 Å². The Morgan fingerprint density at radius 1 is 0.400 bits per heavy atom. The van der Waals surface area contributed by atoms with Crippen molar-refractivity contribution in [3.63, 3.8) is 0 Å². The van der Waals surface area contributed by atoms with Gasteiger partial charge >= 0.3 is 11.9 Å². The lowest BCUT2D eigenvalue weighted by molar-refractivity contribution is -0.146. The number of hydrogen-bond acceptors (Lipinski definition) is 14. The van der Waals surface area contributed by atoms with Crippen LogP contribution in [-0.2, 0) is 66.4 Å². The van der Waals surface area contributed by atoms with E-state index in [1.54, 1.807) is 6.92 Å². The largest absolute Gasteiger partial charge is 0.467 e. The summed E-state index contributed by atoms with van der Waals surface area (Å²) in [6.45, 7) is 10.7. The molecule has 0 aromatic heterocycles. The van der Waals surface area contributed by atoms with E-state index in [1.165, 1.54) is 7.11 Å². The summed E-state index contributed by atoms with van der Waals surface area (Å²) in [6.07, 6.45) is 0.253. The molecule has 0 aliphatic heterocycles. The van der Waals surface area contributed by atoms with E-state index in [1.807, 2.05) is 0 Å². The monoisotopic (exact) mass is 586 g/mol. The standard InChI is InChI=1S/C26H50O14/c1-3-40-25(27)4-5-30-6-7-31-8-9-32-10-11-33-12-13-34-14-15-35-16-17-36-18-19-37-20-21-38-22-23-39-24-26(28)29-2/h3-24H2,1-2H3. The average Bonchev–Trinajstić information content (AvgIpc) is 2.95. The summed E-state index contributed by atoms with van der Waals surface area (Å²) in [5, 5.41) is 0. The highest BCUT2D eigenvalue weighted by atomic mass is 16.6. The zero-order chi connectivity index (χ0) is 29.2. The molecule has 0 fully saturated rings. The first-order valence-electron chi connectivity index (χ1n) is 13.7. The van der Waals surface area contributed by atoms with E-state index in [9.17, 15) is 9.59 Å². The second-order valence-corrected chi connectivity index (χ2v) is 7.70. The van der Waals surface area contributed by atoms with Crippen LogP contribution in [0.5, 0.6) is 0 Å². The zero-order valence-electron chi connectivity index (χ0n) is 24.3. The minimum atomic E-state index is -0.410. The number of methoxy groups -OCH3 is 1. The SMILES string of the molecule is CCOC(=O)CCOCCOCCOCCOCCOCCOCCOCCOCCOCCOCC(=O)OC. The van der Waals surface area contributed by atoms with Gasteiger partial charge in [-0.2, -0.15) is 0 Å². The topological polar surface area (TPSA) is 145 Å². The van der Waals surface area contributed by atoms with Crippen molar-refractivity contribution in [2.45, 2.75) is 13.3 Å². The zero-order valence-corrected chi connectivity index (χ0v) is 24.3. The van der Waals surface area contributed by atoms with Crippen LogP contribution in [-0.4, -0.2) is 158 Å². The Kier molecular flexibility index (Phi) is 32.5. The maximum absolute atomic E-state index is 11.1. The first kappa shape index (κ1) is 38.5. The van der Waals surface area contributed by atoms with Crippen molar-refractivity contribution in [2.24, 2.45) is 0 Å². The van der Waals surface area contributed by atoms with Gasteiger partial charge in [0.1, 0.15) is 6.61 Å². The molecule has 0 aliphatic rings. The highest BCUT2D eigenvalue weighted by Crippen LogP contribution is 1.89. The second-order valence-electron chi connectivity index (χ2n) is 7.70. The van der Waals surface area contributed by atoms with Gasteiger partial charge in [0.15, 0.2) is 0 Å². The fourth-order valence-electron chi connectivity index (χ4n) is 2.58. The van der Waals surface area contributed by atoms with Crippen LogP contribution < -0.4 is 0 Å². The Balaban J connectivity index is 3.07. The molecular weight excluding hydrogens is 536 g/mol. The van der Waals surface area contributed by atoms with E-state index in [2.05, 4.69) is 4.74 Å². The minimum Gasteiger partial charge on any atom is -0.467 e. The van der Waals surface area contributed by atoms with E-state index < -0.39 is 5.97 Å². The molecule has 0 aromatic rings. The van der Waals surface area contributed by atoms with E-state index in [4.69, 9.17) is 52.1 Å². The van der Waals surface area contributed by atoms with Gasteiger partial charge in [0.2, 0.25) is 0 Å². The van der Waals surface area contributed by atoms with Gasteiger partial charge in [-0.05, 0) is 6.92 Å². The van der Waals surface area contributed by atoms with Crippen molar-refractivity contribution < 1.29 is 66.4 Å². The van der Waals surface area contributed by atoms with Gasteiger partial charge in [-0.15, -0.1) is 0 Å². The van der Waals surface area contributed by atoms with Gasteiger partial charge in [-0.3, -0.25) is 4.79 Å². The van der Waals surface area contributed by atoms with Crippen molar-refractivity contribution in [1.82, 2.24) is 0 Å². The van der Waals surface area contributed by atoms with Crippen LogP contribution in [0.15, 0.2) is 0 Å². The Morgan fingerprint density at radius 2 is 0.675 bits per heavy atom. The van der Waals surface area contributed by atoms with Crippen LogP contribution in [0.4, 0.5) is 0 Å². The lowest BCUT2D eigenvalue weighted by Crippen LogP contribution is -2.16.